The van der Waals surface area contributed by atoms with Crippen molar-refractivity contribution in [3.8, 4) is 5.75 Å². The predicted molar refractivity (Wildman–Crippen MR) is 87.3 cm³/mol. The van der Waals surface area contributed by atoms with E-state index in [1.54, 1.807) is 23.1 Å². The minimum atomic E-state index is -0.481. The van der Waals surface area contributed by atoms with E-state index in [2.05, 4.69) is 10.6 Å². The molecule has 2 N–H and O–H groups in total. The van der Waals surface area contributed by atoms with Crippen molar-refractivity contribution in [2.45, 2.75) is 6.42 Å². The average molecular weight is 332 g/mol. The minimum Gasteiger partial charge on any atom is -0.495 e. The minimum absolute atomic E-state index is 0.0559. The summed E-state index contributed by atoms with van der Waals surface area (Å²) in [5, 5.41) is 5.49. The van der Waals surface area contributed by atoms with Crippen LogP contribution in [0.5, 0.6) is 5.75 Å². The molecule has 0 atom stereocenters. The molecule has 2 saturated heterocycles. The standard InChI is InChI=1S/C16H20N4O4/c1-24-13-10-11(15(22)19-8-5-17-6-9-19)2-3-12(13)20-7-4-14(21)18-16(20)23/h2-3,10,17H,4-9H2,1H3,(H,18,21,23). The van der Waals surface area contributed by atoms with Crippen LogP contribution in [0.4, 0.5) is 10.5 Å². The van der Waals surface area contributed by atoms with E-state index in [4.69, 9.17) is 4.74 Å². The molecule has 2 heterocycles. The zero-order valence-corrected chi connectivity index (χ0v) is 13.5. The summed E-state index contributed by atoms with van der Waals surface area (Å²) in [6.45, 7) is 3.18. The van der Waals surface area contributed by atoms with Gasteiger partial charge in [-0.1, -0.05) is 0 Å². The zero-order valence-electron chi connectivity index (χ0n) is 13.5. The van der Waals surface area contributed by atoms with Gasteiger partial charge in [0, 0.05) is 44.7 Å². The van der Waals surface area contributed by atoms with E-state index in [0.29, 0.717) is 30.1 Å². The van der Waals surface area contributed by atoms with Crippen LogP contribution >= 0.6 is 0 Å². The first-order chi connectivity index (χ1) is 11.6. The van der Waals surface area contributed by atoms with Crippen molar-refractivity contribution < 1.29 is 19.1 Å². The van der Waals surface area contributed by atoms with Crippen LogP contribution in [0.1, 0.15) is 16.8 Å². The fraction of sp³-hybridized carbons (Fsp3) is 0.438. The molecule has 2 fully saturated rings. The maximum absolute atomic E-state index is 12.6. The molecule has 2 aliphatic heterocycles. The summed E-state index contributed by atoms with van der Waals surface area (Å²) in [7, 11) is 1.49. The van der Waals surface area contributed by atoms with Crippen LogP contribution in [0.25, 0.3) is 0 Å². The third-order valence-electron chi connectivity index (χ3n) is 4.18. The van der Waals surface area contributed by atoms with Crippen molar-refractivity contribution in [1.82, 2.24) is 15.5 Å². The Labute approximate surface area is 139 Å². The highest BCUT2D eigenvalue weighted by molar-refractivity contribution is 6.06. The van der Waals surface area contributed by atoms with Crippen molar-refractivity contribution in [3.63, 3.8) is 0 Å². The third-order valence-corrected chi connectivity index (χ3v) is 4.18. The van der Waals surface area contributed by atoms with Gasteiger partial charge in [0.1, 0.15) is 5.75 Å². The Morgan fingerprint density at radius 2 is 1.92 bits per heavy atom. The normalized spacial score (nSPS) is 18.4. The lowest BCUT2D eigenvalue weighted by Crippen LogP contribution is -2.49. The van der Waals surface area contributed by atoms with Gasteiger partial charge in [0.2, 0.25) is 5.91 Å². The second kappa shape index (κ2) is 6.88. The molecule has 24 heavy (non-hydrogen) atoms. The van der Waals surface area contributed by atoms with E-state index in [0.717, 1.165) is 13.1 Å². The number of ether oxygens (including phenoxy) is 1. The summed E-state index contributed by atoms with van der Waals surface area (Å²) in [6, 6.07) is 4.53. The maximum atomic E-state index is 12.6. The molecule has 0 aliphatic carbocycles. The fourth-order valence-electron chi connectivity index (χ4n) is 2.88. The molecule has 128 valence electrons. The Hall–Kier alpha value is -2.61. The molecule has 1 aromatic carbocycles. The summed E-state index contributed by atoms with van der Waals surface area (Å²) >= 11 is 0. The Bertz CT molecular complexity index is 670. The number of piperazine rings is 1. The molecule has 0 aromatic heterocycles. The molecule has 8 nitrogen and oxygen atoms in total. The molecule has 0 bridgehead atoms. The van der Waals surface area contributed by atoms with Gasteiger partial charge in [-0.3, -0.25) is 19.8 Å². The van der Waals surface area contributed by atoms with E-state index < -0.39 is 6.03 Å². The first-order valence-corrected chi connectivity index (χ1v) is 7.89. The number of carbonyl (C=O) groups is 3. The average Bonchev–Trinajstić information content (AvgIpc) is 2.61. The van der Waals surface area contributed by atoms with Gasteiger partial charge in [0.05, 0.1) is 12.8 Å². The molecule has 0 saturated carbocycles. The van der Waals surface area contributed by atoms with Gasteiger partial charge in [-0.15, -0.1) is 0 Å². The number of amides is 4. The van der Waals surface area contributed by atoms with Crippen LogP contribution < -0.4 is 20.3 Å². The van der Waals surface area contributed by atoms with Crippen LogP contribution in [0, 0.1) is 0 Å². The molecule has 1 aromatic rings. The number of anilines is 1. The number of methoxy groups -OCH3 is 1. The summed E-state index contributed by atoms with van der Waals surface area (Å²) < 4.78 is 5.36. The van der Waals surface area contributed by atoms with Crippen LogP contribution in [0.2, 0.25) is 0 Å². The highest BCUT2D eigenvalue weighted by Gasteiger charge is 2.27. The molecular weight excluding hydrogens is 312 g/mol. The molecular formula is C16H20N4O4. The predicted octanol–water partition coefficient (Wildman–Crippen LogP) is 0.187. The smallest absolute Gasteiger partial charge is 0.328 e. The maximum Gasteiger partial charge on any atom is 0.328 e. The van der Waals surface area contributed by atoms with Crippen LogP contribution in [-0.4, -0.2) is 62.6 Å². The Balaban J connectivity index is 1.84. The Kier molecular flexibility index (Phi) is 4.66. The zero-order chi connectivity index (χ0) is 17.1. The molecule has 4 amide bonds. The first kappa shape index (κ1) is 16.3. The molecule has 3 rings (SSSR count). The third kappa shape index (κ3) is 3.18. The van der Waals surface area contributed by atoms with Crippen molar-refractivity contribution in [2.24, 2.45) is 0 Å². The highest BCUT2D eigenvalue weighted by atomic mass is 16.5. The molecule has 0 unspecified atom stereocenters. The lowest BCUT2D eigenvalue weighted by molar-refractivity contribution is -0.120. The topological polar surface area (TPSA) is 91.0 Å². The number of hydrogen-bond donors (Lipinski definition) is 2. The van der Waals surface area contributed by atoms with Crippen molar-refractivity contribution in [2.75, 3.05) is 44.7 Å². The lowest BCUT2D eigenvalue weighted by atomic mass is 10.1. The van der Waals surface area contributed by atoms with Crippen LogP contribution in [0.15, 0.2) is 18.2 Å². The van der Waals surface area contributed by atoms with Gasteiger partial charge >= 0.3 is 6.03 Å². The van der Waals surface area contributed by atoms with Gasteiger partial charge in [-0.25, -0.2) is 4.79 Å². The highest BCUT2D eigenvalue weighted by Crippen LogP contribution is 2.31. The second-order valence-corrected chi connectivity index (χ2v) is 5.68. The number of carbonyl (C=O) groups excluding carboxylic acids is 3. The van der Waals surface area contributed by atoms with Gasteiger partial charge in [-0.2, -0.15) is 0 Å². The second-order valence-electron chi connectivity index (χ2n) is 5.68. The van der Waals surface area contributed by atoms with E-state index >= 15 is 0 Å². The molecule has 8 heteroatoms. The lowest BCUT2D eigenvalue weighted by Gasteiger charge is -2.29. The van der Waals surface area contributed by atoms with Gasteiger partial charge in [-0.05, 0) is 18.2 Å². The summed E-state index contributed by atoms with van der Waals surface area (Å²) in [5.41, 5.74) is 1.06. The van der Waals surface area contributed by atoms with Crippen molar-refractivity contribution >= 4 is 23.5 Å². The van der Waals surface area contributed by atoms with E-state index in [1.165, 1.54) is 12.0 Å². The van der Waals surface area contributed by atoms with Crippen molar-refractivity contribution in [1.29, 1.82) is 0 Å². The first-order valence-electron chi connectivity index (χ1n) is 7.89. The summed E-state index contributed by atoms with van der Waals surface area (Å²) in [6.07, 6.45) is 0.232. The number of urea groups is 1. The molecule has 2 aliphatic rings. The number of nitrogens with zero attached hydrogens (tertiary/aromatic N) is 2. The quantitative estimate of drug-likeness (QED) is 0.824. The van der Waals surface area contributed by atoms with Gasteiger partial charge in [0.25, 0.3) is 5.91 Å². The van der Waals surface area contributed by atoms with Gasteiger partial charge in [0.15, 0.2) is 0 Å². The van der Waals surface area contributed by atoms with Crippen LogP contribution in [-0.2, 0) is 4.79 Å². The number of nitrogens with one attached hydrogen (secondary N) is 2. The van der Waals surface area contributed by atoms with Crippen molar-refractivity contribution in [3.05, 3.63) is 23.8 Å². The SMILES string of the molecule is COc1cc(C(=O)N2CCNCC2)ccc1N1CCC(=O)NC1=O. The number of benzene rings is 1. The fourth-order valence-corrected chi connectivity index (χ4v) is 2.88. The Morgan fingerprint density at radius 3 is 2.58 bits per heavy atom. The number of hydrogen-bond acceptors (Lipinski definition) is 5. The summed E-state index contributed by atoms with van der Waals surface area (Å²) in [5.74, 6) is 0.0841. The van der Waals surface area contributed by atoms with E-state index in [-0.39, 0.29) is 24.8 Å². The number of rotatable bonds is 3. The molecule has 0 radical (unpaired) electrons. The van der Waals surface area contributed by atoms with Gasteiger partial charge < -0.3 is 15.0 Å². The van der Waals surface area contributed by atoms with E-state index in [9.17, 15) is 14.4 Å². The Morgan fingerprint density at radius 1 is 1.17 bits per heavy atom. The largest absolute Gasteiger partial charge is 0.495 e. The molecule has 0 spiro atoms. The van der Waals surface area contributed by atoms with E-state index in [1.807, 2.05) is 0 Å². The monoisotopic (exact) mass is 332 g/mol. The summed E-state index contributed by atoms with van der Waals surface area (Å²) in [4.78, 5) is 39.1. The van der Waals surface area contributed by atoms with Crippen LogP contribution in [0.3, 0.4) is 0 Å². The number of imide groups is 1.